The Morgan fingerprint density at radius 1 is 1.09 bits per heavy atom. The van der Waals surface area contributed by atoms with Gasteiger partial charge < -0.3 is 14.6 Å². The molecule has 10 heteroatoms. The predicted octanol–water partition coefficient (Wildman–Crippen LogP) is 1.62. The van der Waals surface area contributed by atoms with Crippen molar-refractivity contribution in [3.05, 3.63) is 17.5 Å². The maximum absolute atomic E-state index is 13.1. The summed E-state index contributed by atoms with van der Waals surface area (Å²) in [5, 5.41) is 7.28. The van der Waals surface area contributed by atoms with Crippen LogP contribution in [0.4, 0.5) is 0 Å². The highest BCUT2D eigenvalue weighted by Crippen LogP contribution is 2.43. The molecule has 1 aromatic rings. The van der Waals surface area contributed by atoms with Gasteiger partial charge in [-0.3, -0.25) is 9.69 Å². The van der Waals surface area contributed by atoms with Crippen molar-refractivity contribution in [2.45, 2.75) is 62.9 Å². The van der Waals surface area contributed by atoms with E-state index in [1.807, 2.05) is 0 Å². The molecule has 0 aromatic carbocycles. The number of nitrogens with zero attached hydrogens (tertiary/aromatic N) is 3. The monoisotopic (exact) mass is 480 g/mol. The Morgan fingerprint density at radius 2 is 1.82 bits per heavy atom. The number of fused-ring (bicyclic) bond motifs is 2. The van der Waals surface area contributed by atoms with Gasteiger partial charge in [0.1, 0.15) is 11.5 Å². The second-order valence-corrected chi connectivity index (χ2v) is 12.1. The number of nitrogens with one attached hydrogen (secondary N) is 1. The van der Waals surface area contributed by atoms with Gasteiger partial charge in [0.2, 0.25) is 10.0 Å². The zero-order valence-corrected chi connectivity index (χ0v) is 20.1. The molecule has 4 fully saturated rings. The summed E-state index contributed by atoms with van der Waals surface area (Å²) in [4.78, 5) is 15.1. The molecule has 4 heterocycles. The van der Waals surface area contributed by atoms with Gasteiger partial charge in [0.15, 0.2) is 5.78 Å². The van der Waals surface area contributed by atoms with Crippen LogP contribution in [0, 0.1) is 5.92 Å². The summed E-state index contributed by atoms with van der Waals surface area (Å²) in [5.74, 6) is 1.65. The minimum atomic E-state index is -3.30. The van der Waals surface area contributed by atoms with Crippen molar-refractivity contribution < 1.29 is 22.5 Å². The summed E-state index contributed by atoms with van der Waals surface area (Å²) in [6.07, 6.45) is 5.98. The number of carbonyl (C=O) groups excluding carboxylic acids is 1. The maximum atomic E-state index is 13.1. The van der Waals surface area contributed by atoms with Crippen molar-refractivity contribution in [2.24, 2.45) is 5.92 Å². The van der Waals surface area contributed by atoms with E-state index in [0.717, 1.165) is 83.7 Å². The first kappa shape index (κ1) is 23.4. The third-order valence-corrected chi connectivity index (χ3v) is 9.56. The van der Waals surface area contributed by atoms with Gasteiger partial charge in [0.05, 0.1) is 19.0 Å². The normalized spacial score (nSPS) is 28.9. The Labute approximate surface area is 196 Å². The summed E-state index contributed by atoms with van der Waals surface area (Å²) in [6, 6.07) is 1.86. The lowest BCUT2D eigenvalue weighted by molar-refractivity contribution is 0.0385. The average molecular weight is 481 g/mol. The number of piperidine rings is 1. The quantitative estimate of drug-likeness (QED) is 0.376. The fraction of sp³-hybridized carbons (Fsp3) is 0.826. The van der Waals surface area contributed by atoms with Crippen LogP contribution in [-0.4, -0.2) is 92.3 Å². The molecule has 0 amide bonds. The van der Waals surface area contributed by atoms with E-state index in [9.17, 15) is 13.2 Å². The van der Waals surface area contributed by atoms with E-state index in [1.54, 1.807) is 10.4 Å². The topological polar surface area (TPSA) is 105 Å². The number of Topliss-reactive ketones (excluding diaryl/α,β-unsaturated/α-hetero) is 1. The second-order valence-electron chi connectivity index (χ2n) is 10.1. The Bertz CT molecular complexity index is 911. The zero-order chi connectivity index (χ0) is 22.8. The van der Waals surface area contributed by atoms with Crippen molar-refractivity contribution in [3.63, 3.8) is 0 Å². The van der Waals surface area contributed by atoms with Gasteiger partial charge in [-0.15, -0.1) is 0 Å². The number of hydrogen-bond acceptors (Lipinski definition) is 8. The molecule has 3 saturated heterocycles. The van der Waals surface area contributed by atoms with Crippen molar-refractivity contribution >= 4 is 15.8 Å². The zero-order valence-electron chi connectivity index (χ0n) is 19.3. The standard InChI is InChI=1S/C23H36N4O5S/c28-22(21-16-23(32-25-21)18-1-2-18)15-17-13-19-3-4-20(14-17)27(19)33(29,30)12-6-24-5-7-26-8-10-31-11-9-26/h16-20,24H,1-15H2/t17?,19-,20+. The van der Waals surface area contributed by atoms with E-state index in [4.69, 9.17) is 9.26 Å². The molecule has 1 saturated carbocycles. The van der Waals surface area contributed by atoms with Crippen LogP contribution in [0.3, 0.4) is 0 Å². The number of ether oxygens (including phenoxy) is 1. The van der Waals surface area contributed by atoms with Crippen LogP contribution in [0.5, 0.6) is 0 Å². The SMILES string of the molecule is O=C(CC1C[C@H]2CC[C@@H](C1)N2S(=O)(=O)CCNCCN1CCOCC1)c1cc(C2CC2)on1. The molecular formula is C23H36N4O5S. The molecule has 33 heavy (non-hydrogen) atoms. The lowest BCUT2D eigenvalue weighted by atomic mass is 9.87. The summed E-state index contributed by atoms with van der Waals surface area (Å²) in [6.45, 7) is 5.62. The predicted molar refractivity (Wildman–Crippen MR) is 123 cm³/mol. The summed E-state index contributed by atoms with van der Waals surface area (Å²) >= 11 is 0. The van der Waals surface area contributed by atoms with E-state index in [1.165, 1.54) is 0 Å². The second kappa shape index (κ2) is 10.1. The van der Waals surface area contributed by atoms with Gasteiger partial charge in [-0.25, -0.2) is 8.42 Å². The van der Waals surface area contributed by atoms with E-state index in [2.05, 4.69) is 15.4 Å². The molecule has 184 valence electrons. The highest BCUT2D eigenvalue weighted by molar-refractivity contribution is 7.89. The van der Waals surface area contributed by atoms with Crippen LogP contribution < -0.4 is 5.32 Å². The highest BCUT2D eigenvalue weighted by Gasteiger charge is 2.46. The fourth-order valence-corrected chi connectivity index (χ4v) is 7.61. The number of hydrogen-bond donors (Lipinski definition) is 1. The Hall–Kier alpha value is -1.33. The van der Waals surface area contributed by atoms with Gasteiger partial charge in [0.25, 0.3) is 0 Å². The Morgan fingerprint density at radius 3 is 2.52 bits per heavy atom. The van der Waals surface area contributed by atoms with Crippen LogP contribution in [0.25, 0.3) is 0 Å². The van der Waals surface area contributed by atoms with E-state index in [-0.39, 0.29) is 29.5 Å². The summed E-state index contributed by atoms with van der Waals surface area (Å²) in [5.41, 5.74) is 0.433. The minimum absolute atomic E-state index is 0.0239. The van der Waals surface area contributed by atoms with Gasteiger partial charge in [-0.1, -0.05) is 5.16 Å². The molecule has 1 aromatic heterocycles. The van der Waals surface area contributed by atoms with Crippen LogP contribution in [0.15, 0.2) is 10.6 Å². The third-order valence-electron chi connectivity index (χ3n) is 7.60. The Kier molecular flexibility index (Phi) is 7.18. The van der Waals surface area contributed by atoms with Gasteiger partial charge in [-0.2, -0.15) is 4.31 Å². The molecule has 2 bridgehead atoms. The number of rotatable bonds is 11. The first-order chi connectivity index (χ1) is 16.0. The van der Waals surface area contributed by atoms with Crippen molar-refractivity contribution in [1.29, 1.82) is 0 Å². The number of sulfonamides is 1. The average Bonchev–Trinajstić information content (AvgIpc) is 3.45. The summed E-state index contributed by atoms with van der Waals surface area (Å²) in [7, 11) is -3.30. The molecule has 3 aliphatic heterocycles. The van der Waals surface area contributed by atoms with E-state index < -0.39 is 10.0 Å². The van der Waals surface area contributed by atoms with Gasteiger partial charge in [0, 0.05) is 63.2 Å². The smallest absolute Gasteiger partial charge is 0.215 e. The van der Waals surface area contributed by atoms with Crippen molar-refractivity contribution in [1.82, 2.24) is 19.7 Å². The van der Waals surface area contributed by atoms with Crippen LogP contribution in [0.1, 0.15) is 67.1 Å². The van der Waals surface area contributed by atoms with Crippen molar-refractivity contribution in [2.75, 3.05) is 51.7 Å². The first-order valence-electron chi connectivity index (χ1n) is 12.5. The van der Waals surface area contributed by atoms with Crippen molar-refractivity contribution in [3.8, 4) is 0 Å². The molecule has 0 radical (unpaired) electrons. The van der Waals surface area contributed by atoms with Gasteiger partial charge in [-0.05, 0) is 44.4 Å². The molecule has 5 rings (SSSR count). The van der Waals surface area contributed by atoms with Crippen LogP contribution >= 0.6 is 0 Å². The molecular weight excluding hydrogens is 444 g/mol. The number of aromatic nitrogens is 1. The molecule has 9 nitrogen and oxygen atoms in total. The lowest BCUT2D eigenvalue weighted by Gasteiger charge is -2.37. The minimum Gasteiger partial charge on any atom is -0.379 e. The number of morpholine rings is 1. The number of ketones is 1. The maximum Gasteiger partial charge on any atom is 0.215 e. The highest BCUT2D eigenvalue weighted by atomic mass is 32.2. The molecule has 1 N–H and O–H groups in total. The fourth-order valence-electron chi connectivity index (χ4n) is 5.71. The first-order valence-corrected chi connectivity index (χ1v) is 14.1. The van der Waals surface area contributed by atoms with Gasteiger partial charge >= 0.3 is 0 Å². The Balaban J connectivity index is 1.07. The lowest BCUT2D eigenvalue weighted by Crippen LogP contribution is -2.49. The molecule has 1 aliphatic carbocycles. The van der Waals surface area contributed by atoms with E-state index >= 15 is 0 Å². The number of carbonyl (C=O) groups is 1. The molecule has 3 atom stereocenters. The van der Waals surface area contributed by atoms with E-state index in [0.29, 0.717) is 24.6 Å². The third kappa shape index (κ3) is 5.67. The largest absolute Gasteiger partial charge is 0.379 e. The molecule has 4 aliphatic rings. The van der Waals surface area contributed by atoms with Crippen LogP contribution in [0.2, 0.25) is 0 Å². The molecule has 0 spiro atoms. The van der Waals surface area contributed by atoms with Crippen LogP contribution in [-0.2, 0) is 14.8 Å². The summed E-state index contributed by atoms with van der Waals surface area (Å²) < 4.78 is 38.7. The molecule has 1 unspecified atom stereocenters.